The number of carbonyl (C=O) groups excluding carboxylic acids is 1. The summed E-state index contributed by atoms with van der Waals surface area (Å²) in [6, 6.07) is 6.22. The zero-order chi connectivity index (χ0) is 19.0. The van der Waals surface area contributed by atoms with Gasteiger partial charge in [-0.05, 0) is 31.2 Å². The van der Waals surface area contributed by atoms with Crippen LogP contribution in [0.25, 0.3) is 0 Å². The SMILES string of the molecule is CCOc1ccc(S(=O)(=O)N(CCOC)CC(=O)N2CCNCC2)cc1. The van der Waals surface area contributed by atoms with Crippen LogP contribution >= 0.6 is 0 Å². The Hall–Kier alpha value is -1.68. The summed E-state index contributed by atoms with van der Waals surface area (Å²) in [5.41, 5.74) is 0. The van der Waals surface area contributed by atoms with Gasteiger partial charge in [-0.3, -0.25) is 4.79 Å². The van der Waals surface area contributed by atoms with Gasteiger partial charge in [0.1, 0.15) is 5.75 Å². The number of ether oxygens (including phenoxy) is 2. The lowest BCUT2D eigenvalue weighted by molar-refractivity contribution is -0.132. The molecule has 146 valence electrons. The van der Waals surface area contributed by atoms with Crippen LogP contribution in [0.15, 0.2) is 29.2 Å². The van der Waals surface area contributed by atoms with Gasteiger partial charge in [-0.2, -0.15) is 4.31 Å². The van der Waals surface area contributed by atoms with Gasteiger partial charge in [-0.15, -0.1) is 0 Å². The quantitative estimate of drug-likeness (QED) is 0.651. The lowest BCUT2D eigenvalue weighted by Gasteiger charge is -2.30. The first kappa shape index (κ1) is 20.6. The van der Waals surface area contributed by atoms with Crippen molar-refractivity contribution in [3.8, 4) is 5.75 Å². The van der Waals surface area contributed by atoms with Crippen LogP contribution in [0, 0.1) is 0 Å². The first-order valence-corrected chi connectivity index (χ1v) is 10.1. The first-order valence-electron chi connectivity index (χ1n) is 8.69. The average molecular weight is 385 g/mol. The molecule has 1 aromatic carbocycles. The summed E-state index contributed by atoms with van der Waals surface area (Å²) in [5, 5.41) is 3.17. The fraction of sp³-hybridized carbons (Fsp3) is 0.588. The maximum absolute atomic E-state index is 13.0. The minimum atomic E-state index is -3.80. The van der Waals surface area contributed by atoms with Crippen LogP contribution in [0.5, 0.6) is 5.75 Å². The minimum Gasteiger partial charge on any atom is -0.494 e. The second-order valence-electron chi connectivity index (χ2n) is 5.87. The largest absolute Gasteiger partial charge is 0.494 e. The number of carbonyl (C=O) groups is 1. The molecule has 0 bridgehead atoms. The van der Waals surface area contributed by atoms with E-state index in [1.54, 1.807) is 17.0 Å². The van der Waals surface area contributed by atoms with Crippen LogP contribution in [0.2, 0.25) is 0 Å². The zero-order valence-electron chi connectivity index (χ0n) is 15.3. The lowest BCUT2D eigenvalue weighted by atomic mass is 10.3. The molecular weight excluding hydrogens is 358 g/mol. The Morgan fingerprint density at radius 1 is 1.23 bits per heavy atom. The van der Waals surface area contributed by atoms with Gasteiger partial charge in [-0.25, -0.2) is 8.42 Å². The number of nitrogens with zero attached hydrogens (tertiary/aromatic N) is 2. The summed E-state index contributed by atoms with van der Waals surface area (Å²) in [6.07, 6.45) is 0. The van der Waals surface area contributed by atoms with E-state index in [-0.39, 0.29) is 30.5 Å². The molecule has 0 aliphatic carbocycles. The van der Waals surface area contributed by atoms with E-state index in [0.717, 1.165) is 13.1 Å². The molecule has 8 nitrogen and oxygen atoms in total. The van der Waals surface area contributed by atoms with Crippen LogP contribution in [0.1, 0.15) is 6.92 Å². The van der Waals surface area contributed by atoms with Crippen molar-refractivity contribution in [2.75, 3.05) is 59.6 Å². The molecule has 1 fully saturated rings. The van der Waals surface area contributed by atoms with Crippen LogP contribution in [0.4, 0.5) is 0 Å². The summed E-state index contributed by atoms with van der Waals surface area (Å²) >= 11 is 0. The van der Waals surface area contributed by atoms with E-state index >= 15 is 0 Å². The predicted octanol–water partition coefficient (Wildman–Crippen LogP) is 0.154. The van der Waals surface area contributed by atoms with Crippen molar-refractivity contribution in [3.63, 3.8) is 0 Å². The van der Waals surface area contributed by atoms with Crippen molar-refractivity contribution in [2.45, 2.75) is 11.8 Å². The fourth-order valence-corrected chi connectivity index (χ4v) is 4.04. The second kappa shape index (κ2) is 9.86. The maximum Gasteiger partial charge on any atom is 0.243 e. The molecule has 26 heavy (non-hydrogen) atoms. The van der Waals surface area contributed by atoms with E-state index in [0.29, 0.717) is 25.4 Å². The van der Waals surface area contributed by atoms with Gasteiger partial charge in [0.15, 0.2) is 0 Å². The molecule has 1 heterocycles. The predicted molar refractivity (Wildman–Crippen MR) is 97.7 cm³/mol. The second-order valence-corrected chi connectivity index (χ2v) is 7.80. The zero-order valence-corrected chi connectivity index (χ0v) is 16.1. The Kier molecular flexibility index (Phi) is 7.83. The van der Waals surface area contributed by atoms with Gasteiger partial charge < -0.3 is 19.7 Å². The van der Waals surface area contributed by atoms with E-state index in [2.05, 4.69) is 5.32 Å². The molecule has 0 atom stereocenters. The third kappa shape index (κ3) is 5.41. The summed E-state index contributed by atoms with van der Waals surface area (Å²) < 4.78 is 37.5. The van der Waals surface area contributed by atoms with Gasteiger partial charge in [0.05, 0.1) is 24.7 Å². The normalized spacial score (nSPS) is 15.3. The van der Waals surface area contributed by atoms with Crippen molar-refractivity contribution in [2.24, 2.45) is 0 Å². The number of hydrogen-bond donors (Lipinski definition) is 1. The van der Waals surface area contributed by atoms with Gasteiger partial charge in [0.2, 0.25) is 15.9 Å². The molecule has 1 aliphatic rings. The van der Waals surface area contributed by atoms with Crippen LogP contribution in [-0.2, 0) is 19.6 Å². The fourth-order valence-electron chi connectivity index (χ4n) is 2.67. The minimum absolute atomic E-state index is 0.115. The van der Waals surface area contributed by atoms with Crippen molar-refractivity contribution >= 4 is 15.9 Å². The molecule has 1 saturated heterocycles. The Balaban J connectivity index is 2.15. The Morgan fingerprint density at radius 2 is 1.88 bits per heavy atom. The first-order chi connectivity index (χ1) is 12.5. The smallest absolute Gasteiger partial charge is 0.243 e. The van der Waals surface area contributed by atoms with Gasteiger partial charge >= 0.3 is 0 Å². The van der Waals surface area contributed by atoms with Crippen LogP contribution in [-0.4, -0.2) is 83.1 Å². The summed E-state index contributed by atoms with van der Waals surface area (Å²) in [5.74, 6) is 0.406. The average Bonchev–Trinajstić information content (AvgIpc) is 2.66. The van der Waals surface area contributed by atoms with Crippen molar-refractivity contribution in [1.29, 1.82) is 0 Å². The number of amides is 1. The number of nitrogens with one attached hydrogen (secondary N) is 1. The Bertz CT molecular complexity index is 672. The third-order valence-electron chi connectivity index (χ3n) is 4.10. The van der Waals surface area contributed by atoms with Gasteiger partial charge in [-0.1, -0.05) is 0 Å². The molecular formula is C17H27N3O5S. The molecule has 0 saturated carbocycles. The van der Waals surface area contributed by atoms with Crippen molar-refractivity contribution in [1.82, 2.24) is 14.5 Å². The number of sulfonamides is 1. The van der Waals surface area contributed by atoms with E-state index in [9.17, 15) is 13.2 Å². The van der Waals surface area contributed by atoms with E-state index < -0.39 is 10.0 Å². The van der Waals surface area contributed by atoms with Gasteiger partial charge in [0, 0.05) is 39.8 Å². The number of benzene rings is 1. The van der Waals surface area contributed by atoms with Gasteiger partial charge in [0.25, 0.3) is 0 Å². The third-order valence-corrected chi connectivity index (χ3v) is 5.96. The molecule has 1 amide bonds. The molecule has 1 aromatic rings. The summed E-state index contributed by atoms with van der Waals surface area (Å²) in [4.78, 5) is 14.3. The molecule has 1 N–H and O–H groups in total. The Morgan fingerprint density at radius 3 is 2.46 bits per heavy atom. The molecule has 9 heteroatoms. The lowest BCUT2D eigenvalue weighted by Crippen LogP contribution is -2.50. The standard InChI is InChI=1S/C17H27N3O5S/c1-3-25-15-4-6-16(7-5-15)26(22,23)20(12-13-24-2)14-17(21)19-10-8-18-9-11-19/h4-7,18H,3,8-14H2,1-2H3. The van der Waals surface area contributed by atoms with E-state index in [1.807, 2.05) is 6.92 Å². The highest BCUT2D eigenvalue weighted by molar-refractivity contribution is 7.89. The van der Waals surface area contributed by atoms with E-state index in [1.165, 1.54) is 23.5 Å². The number of piperazine rings is 1. The molecule has 0 aromatic heterocycles. The molecule has 1 aliphatic heterocycles. The number of methoxy groups -OCH3 is 1. The number of hydrogen-bond acceptors (Lipinski definition) is 6. The van der Waals surface area contributed by atoms with Crippen LogP contribution in [0.3, 0.4) is 0 Å². The highest BCUT2D eigenvalue weighted by atomic mass is 32.2. The summed E-state index contributed by atoms with van der Waals surface area (Å²) in [6.45, 7) is 5.10. The molecule has 0 unspecified atom stereocenters. The summed E-state index contributed by atoms with van der Waals surface area (Å²) in [7, 11) is -2.30. The highest BCUT2D eigenvalue weighted by Gasteiger charge is 2.28. The maximum atomic E-state index is 13.0. The molecule has 0 spiro atoms. The van der Waals surface area contributed by atoms with Crippen molar-refractivity contribution in [3.05, 3.63) is 24.3 Å². The topological polar surface area (TPSA) is 88.2 Å². The van der Waals surface area contributed by atoms with Crippen molar-refractivity contribution < 1.29 is 22.7 Å². The number of rotatable bonds is 9. The molecule has 2 rings (SSSR count). The monoisotopic (exact) mass is 385 g/mol. The highest BCUT2D eigenvalue weighted by Crippen LogP contribution is 2.20. The Labute approximate surface area is 155 Å². The molecule has 0 radical (unpaired) electrons. The van der Waals surface area contributed by atoms with E-state index in [4.69, 9.17) is 9.47 Å². The van der Waals surface area contributed by atoms with Crippen LogP contribution < -0.4 is 10.1 Å².